The van der Waals surface area contributed by atoms with Crippen LogP contribution < -0.4 is 5.56 Å². The Hall–Kier alpha value is -2.53. The number of rotatable bonds is 2. The number of fused-ring (bicyclic) bond motifs is 2. The van der Waals surface area contributed by atoms with Crippen LogP contribution in [-0.4, -0.2) is 33.0 Å². The molecule has 29 heavy (non-hydrogen) atoms. The summed E-state index contributed by atoms with van der Waals surface area (Å²) >= 11 is 6.20. The van der Waals surface area contributed by atoms with Crippen LogP contribution >= 0.6 is 11.6 Å². The number of likely N-dealkylation sites (tertiary alicyclic amines) is 1. The molecule has 1 amide bonds. The van der Waals surface area contributed by atoms with Crippen LogP contribution in [0.25, 0.3) is 10.9 Å². The van der Waals surface area contributed by atoms with Gasteiger partial charge in [0.15, 0.2) is 0 Å². The van der Waals surface area contributed by atoms with E-state index in [4.69, 9.17) is 11.6 Å². The average molecular weight is 410 g/mol. The second-order valence-electron chi connectivity index (χ2n) is 8.67. The summed E-state index contributed by atoms with van der Waals surface area (Å²) in [7, 11) is 3.63. The van der Waals surface area contributed by atoms with Crippen LogP contribution in [0, 0.1) is 12.8 Å². The number of halogens is 1. The van der Waals surface area contributed by atoms with Gasteiger partial charge in [-0.05, 0) is 48.9 Å². The van der Waals surface area contributed by atoms with Gasteiger partial charge in [-0.25, -0.2) is 0 Å². The van der Waals surface area contributed by atoms with Crippen LogP contribution in [0.15, 0.2) is 41.5 Å². The number of aromatic nitrogens is 2. The molecule has 1 saturated carbocycles. The number of hydrogen-bond donors (Lipinski definition) is 0. The average Bonchev–Trinajstić information content (AvgIpc) is 3.33. The summed E-state index contributed by atoms with van der Waals surface area (Å²) in [5.74, 6) is 0.420. The number of benzene rings is 1. The molecule has 2 aliphatic rings. The Kier molecular flexibility index (Phi) is 3.97. The molecule has 1 aliphatic heterocycles. The van der Waals surface area contributed by atoms with Crippen LogP contribution in [0.3, 0.4) is 0 Å². The fourth-order valence-corrected chi connectivity index (χ4v) is 5.53. The quantitative estimate of drug-likeness (QED) is 0.648. The van der Waals surface area contributed by atoms with Gasteiger partial charge in [-0.1, -0.05) is 23.7 Å². The lowest BCUT2D eigenvalue weighted by atomic mass is 9.87. The van der Waals surface area contributed by atoms with Crippen molar-refractivity contribution in [3.05, 3.63) is 68.7 Å². The first-order valence-corrected chi connectivity index (χ1v) is 10.4. The molecule has 2 aromatic heterocycles. The molecule has 0 spiro atoms. The molecular weight excluding hydrogens is 386 g/mol. The van der Waals surface area contributed by atoms with E-state index in [-0.39, 0.29) is 16.9 Å². The first kappa shape index (κ1) is 18.5. The van der Waals surface area contributed by atoms with E-state index in [1.54, 1.807) is 11.6 Å². The van der Waals surface area contributed by atoms with E-state index in [9.17, 15) is 9.59 Å². The molecule has 150 valence electrons. The van der Waals surface area contributed by atoms with Gasteiger partial charge in [0.25, 0.3) is 11.5 Å². The van der Waals surface area contributed by atoms with Gasteiger partial charge in [-0.2, -0.15) is 0 Å². The van der Waals surface area contributed by atoms with E-state index in [0.717, 1.165) is 35.5 Å². The fraction of sp³-hybridized carbons (Fsp3) is 0.391. The van der Waals surface area contributed by atoms with Crippen molar-refractivity contribution in [3.63, 3.8) is 0 Å². The van der Waals surface area contributed by atoms with Crippen LogP contribution in [0.2, 0.25) is 5.02 Å². The second-order valence-corrected chi connectivity index (χ2v) is 9.11. The Morgan fingerprint density at radius 1 is 1.21 bits per heavy atom. The first-order chi connectivity index (χ1) is 13.8. The normalized spacial score (nSPS) is 23.3. The van der Waals surface area contributed by atoms with Gasteiger partial charge in [-0.15, -0.1) is 0 Å². The van der Waals surface area contributed by atoms with Crippen molar-refractivity contribution in [2.45, 2.75) is 25.2 Å². The van der Waals surface area contributed by atoms with Gasteiger partial charge in [-0.3, -0.25) is 9.59 Å². The number of aryl methyl sites for hydroxylation is 3. The van der Waals surface area contributed by atoms with Crippen LogP contribution in [0.5, 0.6) is 0 Å². The first-order valence-electron chi connectivity index (χ1n) is 10.0. The topological polar surface area (TPSA) is 47.2 Å². The van der Waals surface area contributed by atoms with E-state index >= 15 is 0 Å². The Morgan fingerprint density at radius 3 is 2.72 bits per heavy atom. The van der Waals surface area contributed by atoms with E-state index < -0.39 is 0 Å². The van der Waals surface area contributed by atoms with Crippen molar-refractivity contribution >= 4 is 28.4 Å². The highest BCUT2D eigenvalue weighted by atomic mass is 35.5. The van der Waals surface area contributed by atoms with Crippen LogP contribution in [-0.2, 0) is 19.5 Å². The number of carbonyl (C=O) groups is 1. The van der Waals surface area contributed by atoms with Gasteiger partial charge in [0.1, 0.15) is 0 Å². The molecule has 5 rings (SSSR count). The third kappa shape index (κ3) is 2.67. The molecule has 5 nitrogen and oxygen atoms in total. The van der Waals surface area contributed by atoms with Crippen molar-refractivity contribution in [2.75, 3.05) is 13.1 Å². The molecule has 3 heterocycles. The minimum Gasteiger partial charge on any atom is -0.349 e. The van der Waals surface area contributed by atoms with Crippen molar-refractivity contribution < 1.29 is 4.79 Å². The zero-order valence-corrected chi connectivity index (χ0v) is 17.7. The van der Waals surface area contributed by atoms with Crippen LogP contribution in [0.1, 0.15) is 34.3 Å². The summed E-state index contributed by atoms with van der Waals surface area (Å²) in [5.41, 5.74) is 3.68. The lowest BCUT2D eigenvalue weighted by Crippen LogP contribution is -2.40. The zero-order chi connectivity index (χ0) is 20.5. The number of nitrogens with zero attached hydrogens (tertiary/aromatic N) is 3. The molecule has 2 fully saturated rings. The number of amides is 1. The Labute approximate surface area is 174 Å². The minimum atomic E-state index is -0.119. The maximum absolute atomic E-state index is 13.4. The minimum absolute atomic E-state index is 0.0371. The van der Waals surface area contributed by atoms with E-state index in [0.29, 0.717) is 23.4 Å². The monoisotopic (exact) mass is 409 g/mol. The van der Waals surface area contributed by atoms with Gasteiger partial charge in [0.05, 0.1) is 16.5 Å². The summed E-state index contributed by atoms with van der Waals surface area (Å²) in [6.07, 6.45) is 5.66. The maximum atomic E-state index is 13.4. The van der Waals surface area contributed by atoms with Gasteiger partial charge in [0, 0.05) is 50.0 Å². The Bertz CT molecular complexity index is 1220. The molecule has 2 unspecified atom stereocenters. The number of piperidine rings is 1. The maximum Gasteiger partial charge on any atom is 0.260 e. The lowest BCUT2D eigenvalue weighted by molar-refractivity contribution is 0.0709. The lowest BCUT2D eigenvalue weighted by Gasteiger charge is -2.32. The molecule has 1 aliphatic carbocycles. The molecule has 1 aromatic carbocycles. The summed E-state index contributed by atoms with van der Waals surface area (Å²) < 4.78 is 3.46. The Balaban J connectivity index is 1.46. The molecule has 0 N–H and O–H groups in total. The fourth-order valence-electron chi connectivity index (χ4n) is 5.34. The molecule has 1 saturated heterocycles. The van der Waals surface area contributed by atoms with Gasteiger partial charge >= 0.3 is 0 Å². The number of hydrogen-bond acceptors (Lipinski definition) is 2. The van der Waals surface area contributed by atoms with Gasteiger partial charge < -0.3 is 14.0 Å². The van der Waals surface area contributed by atoms with Crippen molar-refractivity contribution in [2.24, 2.45) is 20.0 Å². The van der Waals surface area contributed by atoms with Crippen LogP contribution in [0.4, 0.5) is 0 Å². The third-order valence-electron chi connectivity index (χ3n) is 6.89. The van der Waals surface area contributed by atoms with E-state index in [1.807, 2.05) is 48.0 Å². The predicted octanol–water partition coefficient (Wildman–Crippen LogP) is 3.64. The number of carbonyl (C=O) groups excluding carboxylic acids is 1. The highest BCUT2D eigenvalue weighted by Crippen LogP contribution is 2.59. The molecular formula is C23H24ClN3O2. The zero-order valence-electron chi connectivity index (χ0n) is 16.9. The SMILES string of the molecule is Cc1cn(C)c(=O)c2c(C(=O)N3CCC4(c5cccc(Cl)c5)CC4C3)cn(C)c12. The van der Waals surface area contributed by atoms with Crippen molar-refractivity contribution in [1.82, 2.24) is 14.0 Å². The third-order valence-corrected chi connectivity index (χ3v) is 7.13. The molecule has 6 heteroatoms. The molecule has 0 radical (unpaired) electrons. The largest absolute Gasteiger partial charge is 0.349 e. The van der Waals surface area contributed by atoms with E-state index in [1.165, 1.54) is 5.56 Å². The predicted molar refractivity (Wildman–Crippen MR) is 115 cm³/mol. The van der Waals surface area contributed by atoms with Crippen molar-refractivity contribution in [1.29, 1.82) is 0 Å². The highest BCUT2D eigenvalue weighted by molar-refractivity contribution is 6.30. The summed E-state index contributed by atoms with van der Waals surface area (Å²) in [5, 5.41) is 1.30. The standard InChI is InChI=1S/C23H24ClN3O2/c1-14-11-26(3)22(29)19-18(13-25(2)20(14)19)21(28)27-8-7-23(10-16(23)12-27)15-5-4-6-17(24)9-15/h4-6,9,11,13,16H,7-8,10,12H2,1-3H3. The number of pyridine rings is 1. The second kappa shape index (κ2) is 6.23. The Morgan fingerprint density at radius 2 is 2.00 bits per heavy atom. The molecule has 0 bridgehead atoms. The van der Waals surface area contributed by atoms with E-state index in [2.05, 4.69) is 12.1 Å². The molecule has 2 atom stereocenters. The van der Waals surface area contributed by atoms with Gasteiger partial charge in [0.2, 0.25) is 0 Å². The van der Waals surface area contributed by atoms with Crippen molar-refractivity contribution in [3.8, 4) is 0 Å². The summed E-state index contributed by atoms with van der Waals surface area (Å²) in [6, 6.07) is 8.13. The molecule has 3 aromatic rings. The smallest absolute Gasteiger partial charge is 0.260 e. The highest BCUT2D eigenvalue weighted by Gasteiger charge is 2.58. The summed E-state index contributed by atoms with van der Waals surface area (Å²) in [6.45, 7) is 3.40. The summed E-state index contributed by atoms with van der Waals surface area (Å²) in [4.78, 5) is 28.1.